The molecule has 2 rings (SSSR count). The van der Waals surface area contributed by atoms with Crippen LogP contribution in [0.2, 0.25) is 0 Å². The number of hydrogen-bond donors (Lipinski definition) is 1. The van der Waals surface area contributed by atoms with Crippen LogP contribution >= 0.6 is 0 Å². The van der Waals surface area contributed by atoms with Crippen LogP contribution in [0.5, 0.6) is 0 Å². The molecule has 0 spiro atoms. The number of ether oxygens (including phenoxy) is 2. The molecule has 0 saturated heterocycles. The molecule has 2 N–H and O–H groups in total. The molecule has 2 saturated carbocycles. The van der Waals surface area contributed by atoms with Gasteiger partial charge in [0.05, 0.1) is 18.1 Å². The lowest BCUT2D eigenvalue weighted by molar-refractivity contribution is -0.307. The van der Waals surface area contributed by atoms with Crippen molar-refractivity contribution in [3.8, 4) is 0 Å². The maximum absolute atomic E-state index is 14.6. The molecule has 24 heavy (non-hydrogen) atoms. The lowest BCUT2D eigenvalue weighted by Crippen LogP contribution is -2.53. The van der Waals surface area contributed by atoms with Gasteiger partial charge >= 0.3 is 6.11 Å². The van der Waals surface area contributed by atoms with E-state index in [9.17, 15) is 8.78 Å². The fourth-order valence-corrected chi connectivity index (χ4v) is 4.02. The van der Waals surface area contributed by atoms with E-state index in [1.54, 1.807) is 0 Å². The predicted octanol–water partition coefficient (Wildman–Crippen LogP) is 4.73. The minimum atomic E-state index is -3.06. The minimum Gasteiger partial charge on any atom is -0.378 e. The van der Waals surface area contributed by atoms with Crippen LogP contribution in [0.1, 0.15) is 72.1 Å². The highest BCUT2D eigenvalue weighted by Gasteiger charge is 2.47. The number of hydrogen-bond acceptors (Lipinski definition) is 3. The van der Waals surface area contributed by atoms with Crippen LogP contribution in [0.3, 0.4) is 0 Å². The average molecular weight is 347 g/mol. The summed E-state index contributed by atoms with van der Waals surface area (Å²) in [6.45, 7) is 6.97. The first kappa shape index (κ1) is 20.1. The molecule has 142 valence electrons. The Balaban J connectivity index is 1.86. The molecular formula is C19H35F2NO2. The van der Waals surface area contributed by atoms with Gasteiger partial charge < -0.3 is 15.2 Å². The summed E-state index contributed by atoms with van der Waals surface area (Å²) in [7, 11) is 0. The van der Waals surface area contributed by atoms with Gasteiger partial charge in [0.25, 0.3) is 0 Å². The molecule has 2 aliphatic carbocycles. The number of nitrogens with two attached hydrogens (primary N) is 1. The number of unbranched alkanes of at least 4 members (excludes halogenated alkanes) is 1. The van der Waals surface area contributed by atoms with Crippen LogP contribution in [0.4, 0.5) is 8.78 Å². The van der Waals surface area contributed by atoms with Crippen molar-refractivity contribution < 1.29 is 18.3 Å². The lowest BCUT2D eigenvalue weighted by Gasteiger charge is -2.42. The largest absolute Gasteiger partial charge is 0.378 e. The van der Waals surface area contributed by atoms with E-state index < -0.39 is 24.2 Å². The summed E-state index contributed by atoms with van der Waals surface area (Å²) in [6.07, 6.45) is 2.69. The molecule has 3 nitrogen and oxygen atoms in total. The molecule has 0 aliphatic heterocycles. The van der Waals surface area contributed by atoms with Gasteiger partial charge in [-0.15, -0.1) is 0 Å². The van der Waals surface area contributed by atoms with Crippen molar-refractivity contribution in [2.75, 3.05) is 6.61 Å². The van der Waals surface area contributed by atoms with Crippen molar-refractivity contribution >= 4 is 0 Å². The van der Waals surface area contributed by atoms with E-state index in [-0.39, 0.29) is 12.0 Å². The van der Waals surface area contributed by atoms with Crippen molar-refractivity contribution in [1.82, 2.24) is 0 Å². The fourth-order valence-electron chi connectivity index (χ4n) is 4.02. The van der Waals surface area contributed by atoms with E-state index in [1.165, 1.54) is 0 Å². The number of rotatable bonds is 7. The molecule has 0 heterocycles. The zero-order valence-corrected chi connectivity index (χ0v) is 15.5. The van der Waals surface area contributed by atoms with Gasteiger partial charge in [0.2, 0.25) is 0 Å². The summed E-state index contributed by atoms with van der Waals surface area (Å²) in [5.41, 5.74) is 6.24. The molecule has 0 aromatic rings. The Morgan fingerprint density at radius 2 is 1.62 bits per heavy atom. The van der Waals surface area contributed by atoms with Gasteiger partial charge in [-0.1, -0.05) is 40.0 Å². The van der Waals surface area contributed by atoms with E-state index in [4.69, 9.17) is 15.2 Å². The molecule has 4 unspecified atom stereocenters. The third-order valence-electron chi connectivity index (χ3n) is 5.99. The summed E-state index contributed by atoms with van der Waals surface area (Å²) in [6, 6.07) is -0.390. The maximum Gasteiger partial charge on any atom is 0.358 e. The fraction of sp³-hybridized carbons (Fsp3) is 1.00. The normalized spacial score (nSPS) is 38.2. The first-order chi connectivity index (χ1) is 11.3. The van der Waals surface area contributed by atoms with E-state index in [2.05, 4.69) is 13.8 Å². The molecule has 5 heteroatoms. The van der Waals surface area contributed by atoms with Crippen LogP contribution in [-0.4, -0.2) is 31.0 Å². The van der Waals surface area contributed by atoms with Gasteiger partial charge in [-0.2, -0.15) is 8.78 Å². The average Bonchev–Trinajstić information content (AvgIpc) is 2.54. The monoisotopic (exact) mass is 347 g/mol. The van der Waals surface area contributed by atoms with Crippen LogP contribution < -0.4 is 5.73 Å². The van der Waals surface area contributed by atoms with Gasteiger partial charge in [0.1, 0.15) is 0 Å². The first-order valence-electron chi connectivity index (χ1n) is 9.78. The summed E-state index contributed by atoms with van der Waals surface area (Å²) in [5, 5.41) is 0. The highest BCUT2D eigenvalue weighted by atomic mass is 19.3. The van der Waals surface area contributed by atoms with Gasteiger partial charge in [0, 0.05) is 12.6 Å². The second kappa shape index (κ2) is 8.91. The molecule has 0 amide bonds. The van der Waals surface area contributed by atoms with E-state index >= 15 is 0 Å². The Kier molecular flexibility index (Phi) is 7.44. The van der Waals surface area contributed by atoms with Gasteiger partial charge in [-0.3, -0.25) is 0 Å². The lowest BCUT2D eigenvalue weighted by atomic mass is 9.80. The van der Waals surface area contributed by atoms with Crippen molar-refractivity contribution in [1.29, 1.82) is 0 Å². The smallest absolute Gasteiger partial charge is 0.358 e. The molecule has 0 radical (unpaired) electrons. The van der Waals surface area contributed by atoms with Crippen molar-refractivity contribution in [2.24, 2.45) is 23.5 Å². The molecule has 0 aromatic heterocycles. The van der Waals surface area contributed by atoms with Crippen LogP contribution in [0, 0.1) is 17.8 Å². The molecule has 2 fully saturated rings. The summed E-state index contributed by atoms with van der Waals surface area (Å²) in [4.78, 5) is 0. The Morgan fingerprint density at radius 1 is 1.00 bits per heavy atom. The third-order valence-corrected chi connectivity index (χ3v) is 5.99. The molecule has 0 bridgehead atoms. The van der Waals surface area contributed by atoms with Crippen molar-refractivity contribution in [3.05, 3.63) is 0 Å². The first-order valence-corrected chi connectivity index (χ1v) is 9.78. The summed E-state index contributed by atoms with van der Waals surface area (Å²) in [5.74, 6) is -0.0624. The Bertz CT molecular complexity index is 372. The molecular weight excluding hydrogens is 312 g/mol. The SMILES string of the molecule is CCCCOC1CCC(OC(F)(F)C2CCC(C)CC2)C(N)C1C. The Labute approximate surface area is 145 Å². The Morgan fingerprint density at radius 3 is 2.25 bits per heavy atom. The number of halogens is 2. The number of alkyl halides is 2. The zero-order chi connectivity index (χ0) is 17.7. The second-order valence-corrected chi connectivity index (χ2v) is 7.95. The van der Waals surface area contributed by atoms with E-state index in [0.717, 1.165) is 38.7 Å². The predicted molar refractivity (Wildman–Crippen MR) is 92.0 cm³/mol. The molecule has 0 aromatic carbocycles. The van der Waals surface area contributed by atoms with Crippen LogP contribution in [0.15, 0.2) is 0 Å². The quantitative estimate of drug-likeness (QED) is 0.677. The van der Waals surface area contributed by atoms with Gasteiger partial charge in [0.15, 0.2) is 0 Å². The van der Waals surface area contributed by atoms with E-state index in [1.807, 2.05) is 6.92 Å². The van der Waals surface area contributed by atoms with Crippen molar-refractivity contribution in [3.63, 3.8) is 0 Å². The van der Waals surface area contributed by atoms with Crippen LogP contribution in [0.25, 0.3) is 0 Å². The zero-order valence-electron chi connectivity index (χ0n) is 15.5. The summed E-state index contributed by atoms with van der Waals surface area (Å²) < 4.78 is 40.3. The topological polar surface area (TPSA) is 44.5 Å². The summed E-state index contributed by atoms with van der Waals surface area (Å²) >= 11 is 0. The Hall–Kier alpha value is -0.260. The van der Waals surface area contributed by atoms with Gasteiger partial charge in [-0.25, -0.2) is 0 Å². The van der Waals surface area contributed by atoms with E-state index in [0.29, 0.717) is 25.2 Å². The standard InChI is InChI=1S/C19H35F2NO2/c1-4-5-12-23-16-10-11-17(18(22)14(16)3)24-19(20,21)15-8-6-13(2)7-9-15/h13-18H,4-12,22H2,1-3H3. The maximum atomic E-state index is 14.6. The van der Waals surface area contributed by atoms with Gasteiger partial charge in [-0.05, 0) is 43.9 Å². The highest BCUT2D eigenvalue weighted by molar-refractivity contribution is 4.91. The highest BCUT2D eigenvalue weighted by Crippen LogP contribution is 2.41. The molecule has 2 aliphatic rings. The molecule has 4 atom stereocenters. The van der Waals surface area contributed by atoms with Crippen molar-refractivity contribution in [2.45, 2.75) is 96.5 Å². The second-order valence-electron chi connectivity index (χ2n) is 7.95. The minimum absolute atomic E-state index is 0.0442. The third kappa shape index (κ3) is 5.12. The van der Waals surface area contributed by atoms with Crippen LogP contribution in [-0.2, 0) is 9.47 Å².